The Labute approximate surface area is 140 Å². The van der Waals surface area contributed by atoms with Gasteiger partial charge in [-0.3, -0.25) is 0 Å². The Morgan fingerprint density at radius 3 is 2.17 bits per heavy atom. The van der Waals surface area contributed by atoms with Gasteiger partial charge in [-0.25, -0.2) is 17.2 Å². The molecule has 0 amide bonds. The number of benzene rings is 2. The van der Waals surface area contributed by atoms with E-state index in [1.54, 1.807) is 12.1 Å². The molecule has 2 aromatic carbocycles. The predicted molar refractivity (Wildman–Crippen MR) is 88.2 cm³/mol. The third-order valence-corrected chi connectivity index (χ3v) is 5.93. The number of sulfonamides is 1. The second kappa shape index (κ2) is 6.86. The largest absolute Gasteiger partial charge is 0.381 e. The summed E-state index contributed by atoms with van der Waals surface area (Å²) < 4.78 is 52.7. The molecule has 1 aliphatic rings. The van der Waals surface area contributed by atoms with Crippen molar-refractivity contribution in [3.8, 4) is 0 Å². The molecule has 0 saturated carbocycles. The van der Waals surface area contributed by atoms with E-state index in [1.165, 1.54) is 28.6 Å². The highest BCUT2D eigenvalue weighted by atomic mass is 32.2. The van der Waals surface area contributed by atoms with E-state index in [-0.39, 0.29) is 16.8 Å². The van der Waals surface area contributed by atoms with Crippen LogP contribution in [0.1, 0.15) is 12.8 Å². The molecular formula is C17H18F2N2O2S. The average molecular weight is 352 g/mol. The second-order valence-electron chi connectivity index (χ2n) is 5.81. The van der Waals surface area contributed by atoms with Crippen LogP contribution in [0, 0.1) is 11.6 Å². The van der Waals surface area contributed by atoms with Crippen LogP contribution in [0.25, 0.3) is 0 Å². The van der Waals surface area contributed by atoms with Gasteiger partial charge in [0.15, 0.2) is 0 Å². The maximum atomic E-state index is 13.0. The standard InChI is InChI=1S/C17H18F2N2O2S/c18-13-3-7-15(8-4-13)20-16-2-1-11-21(12-16)24(22,23)17-9-5-14(19)6-10-17/h3-10,16,20H,1-2,11-12H2. The monoisotopic (exact) mass is 352 g/mol. The second-order valence-corrected chi connectivity index (χ2v) is 7.75. The molecule has 7 heteroatoms. The molecule has 4 nitrogen and oxygen atoms in total. The van der Waals surface area contributed by atoms with Gasteiger partial charge >= 0.3 is 0 Å². The Kier molecular flexibility index (Phi) is 4.82. The lowest BCUT2D eigenvalue weighted by Crippen LogP contribution is -2.45. The summed E-state index contributed by atoms with van der Waals surface area (Å²) in [6, 6.07) is 10.8. The van der Waals surface area contributed by atoms with Crippen molar-refractivity contribution < 1.29 is 17.2 Å². The van der Waals surface area contributed by atoms with E-state index in [1.807, 2.05) is 0 Å². The summed E-state index contributed by atoms with van der Waals surface area (Å²) in [6.45, 7) is 0.748. The van der Waals surface area contributed by atoms with Crippen LogP contribution in [-0.2, 0) is 10.0 Å². The zero-order valence-electron chi connectivity index (χ0n) is 13.0. The van der Waals surface area contributed by atoms with Crippen molar-refractivity contribution in [2.24, 2.45) is 0 Å². The highest BCUT2D eigenvalue weighted by Crippen LogP contribution is 2.23. The zero-order chi connectivity index (χ0) is 17.2. The molecule has 1 atom stereocenters. The molecule has 1 unspecified atom stereocenters. The van der Waals surface area contributed by atoms with Crippen molar-refractivity contribution in [2.45, 2.75) is 23.8 Å². The number of hydrogen-bond acceptors (Lipinski definition) is 3. The van der Waals surface area contributed by atoms with Gasteiger partial charge in [0.05, 0.1) is 4.90 Å². The average Bonchev–Trinajstić information content (AvgIpc) is 2.58. The lowest BCUT2D eigenvalue weighted by molar-refractivity contribution is 0.327. The van der Waals surface area contributed by atoms with Gasteiger partial charge in [0.25, 0.3) is 0 Å². The number of halogens is 2. The first kappa shape index (κ1) is 16.9. The van der Waals surface area contributed by atoms with E-state index in [4.69, 9.17) is 0 Å². The summed E-state index contributed by atoms with van der Waals surface area (Å²) in [6.07, 6.45) is 1.55. The number of piperidine rings is 1. The minimum Gasteiger partial charge on any atom is -0.381 e. The van der Waals surface area contributed by atoms with Gasteiger partial charge in [-0.05, 0) is 61.4 Å². The van der Waals surface area contributed by atoms with E-state index in [0.29, 0.717) is 13.1 Å². The molecule has 0 aliphatic carbocycles. The molecule has 3 rings (SSSR count). The third-order valence-electron chi connectivity index (χ3n) is 4.05. The molecule has 0 aromatic heterocycles. The van der Waals surface area contributed by atoms with Crippen LogP contribution in [0.3, 0.4) is 0 Å². The van der Waals surface area contributed by atoms with Crippen molar-refractivity contribution in [1.29, 1.82) is 0 Å². The van der Waals surface area contributed by atoms with Crippen LogP contribution in [0.2, 0.25) is 0 Å². The van der Waals surface area contributed by atoms with Crippen molar-refractivity contribution in [3.63, 3.8) is 0 Å². The molecule has 0 bridgehead atoms. The summed E-state index contributed by atoms with van der Waals surface area (Å²) in [5.41, 5.74) is 0.752. The molecule has 2 aromatic rings. The summed E-state index contributed by atoms with van der Waals surface area (Å²) in [5.74, 6) is -0.784. The fourth-order valence-electron chi connectivity index (χ4n) is 2.82. The number of anilines is 1. The number of nitrogens with one attached hydrogen (secondary N) is 1. The van der Waals surface area contributed by atoms with E-state index in [0.717, 1.165) is 30.7 Å². The summed E-state index contributed by atoms with van der Waals surface area (Å²) in [7, 11) is -3.64. The molecule has 0 radical (unpaired) electrons. The first-order chi connectivity index (χ1) is 11.4. The maximum Gasteiger partial charge on any atom is 0.243 e. The number of hydrogen-bond donors (Lipinski definition) is 1. The van der Waals surface area contributed by atoms with Crippen LogP contribution >= 0.6 is 0 Å². The highest BCUT2D eigenvalue weighted by Gasteiger charge is 2.30. The van der Waals surface area contributed by atoms with E-state index < -0.39 is 15.8 Å². The maximum absolute atomic E-state index is 13.0. The van der Waals surface area contributed by atoms with Gasteiger partial charge in [0, 0.05) is 24.8 Å². The molecule has 1 aliphatic heterocycles. The summed E-state index contributed by atoms with van der Waals surface area (Å²) >= 11 is 0. The smallest absolute Gasteiger partial charge is 0.243 e. The first-order valence-electron chi connectivity index (χ1n) is 7.73. The topological polar surface area (TPSA) is 49.4 Å². The van der Waals surface area contributed by atoms with Crippen LogP contribution in [0.4, 0.5) is 14.5 Å². The SMILES string of the molecule is O=S(=O)(c1ccc(F)cc1)N1CCCC(Nc2ccc(F)cc2)C1. The van der Waals surface area contributed by atoms with Gasteiger partial charge in [-0.2, -0.15) is 4.31 Å². The summed E-state index contributed by atoms with van der Waals surface area (Å²) in [4.78, 5) is 0.0892. The molecule has 1 saturated heterocycles. The van der Waals surface area contributed by atoms with Crippen LogP contribution < -0.4 is 5.32 Å². The van der Waals surface area contributed by atoms with E-state index in [9.17, 15) is 17.2 Å². The van der Waals surface area contributed by atoms with Gasteiger partial charge < -0.3 is 5.32 Å². The third kappa shape index (κ3) is 3.73. The Morgan fingerprint density at radius 2 is 1.54 bits per heavy atom. The molecule has 1 N–H and O–H groups in total. The molecule has 1 fully saturated rings. The molecule has 0 spiro atoms. The normalized spacial score (nSPS) is 19.2. The fourth-order valence-corrected chi connectivity index (χ4v) is 4.34. The Hall–Kier alpha value is -1.99. The van der Waals surface area contributed by atoms with Crippen molar-refractivity contribution in [1.82, 2.24) is 4.31 Å². The molecule has 128 valence electrons. The van der Waals surface area contributed by atoms with E-state index >= 15 is 0 Å². The minimum atomic E-state index is -3.64. The summed E-state index contributed by atoms with van der Waals surface area (Å²) in [5, 5.41) is 3.24. The van der Waals surface area contributed by atoms with Gasteiger partial charge in [0.1, 0.15) is 11.6 Å². The molecule has 24 heavy (non-hydrogen) atoms. The highest BCUT2D eigenvalue weighted by molar-refractivity contribution is 7.89. The van der Waals surface area contributed by atoms with Crippen molar-refractivity contribution >= 4 is 15.7 Å². The van der Waals surface area contributed by atoms with E-state index in [2.05, 4.69) is 5.32 Å². The molecule has 1 heterocycles. The Morgan fingerprint density at radius 1 is 0.958 bits per heavy atom. The lowest BCUT2D eigenvalue weighted by atomic mass is 10.1. The number of rotatable bonds is 4. The Balaban J connectivity index is 1.72. The zero-order valence-corrected chi connectivity index (χ0v) is 13.8. The van der Waals surface area contributed by atoms with Crippen LogP contribution in [0.15, 0.2) is 53.4 Å². The number of nitrogens with zero attached hydrogens (tertiary/aromatic N) is 1. The first-order valence-corrected chi connectivity index (χ1v) is 9.17. The van der Waals surface area contributed by atoms with Crippen molar-refractivity contribution in [2.75, 3.05) is 18.4 Å². The lowest BCUT2D eigenvalue weighted by Gasteiger charge is -2.33. The van der Waals surface area contributed by atoms with Crippen LogP contribution in [0.5, 0.6) is 0 Å². The predicted octanol–water partition coefficient (Wildman–Crippen LogP) is 3.23. The van der Waals surface area contributed by atoms with Crippen LogP contribution in [-0.4, -0.2) is 31.9 Å². The van der Waals surface area contributed by atoms with Gasteiger partial charge in [0.2, 0.25) is 10.0 Å². The minimum absolute atomic E-state index is 0.0561. The van der Waals surface area contributed by atoms with Gasteiger partial charge in [-0.1, -0.05) is 0 Å². The van der Waals surface area contributed by atoms with Gasteiger partial charge in [-0.15, -0.1) is 0 Å². The van der Waals surface area contributed by atoms with Crippen molar-refractivity contribution in [3.05, 3.63) is 60.2 Å². The quantitative estimate of drug-likeness (QED) is 0.919. The fraction of sp³-hybridized carbons (Fsp3) is 0.294. The molecular weight excluding hydrogens is 334 g/mol. The Bertz CT molecular complexity index is 792.